The van der Waals surface area contributed by atoms with Gasteiger partial charge in [0.25, 0.3) is 0 Å². The summed E-state index contributed by atoms with van der Waals surface area (Å²) in [5.41, 5.74) is 8.22. The van der Waals surface area contributed by atoms with Crippen LogP contribution in [0.2, 0.25) is 0 Å². The van der Waals surface area contributed by atoms with Crippen molar-refractivity contribution in [3.63, 3.8) is 0 Å². The highest BCUT2D eigenvalue weighted by Gasteiger charge is 2.22. The maximum absolute atomic E-state index is 2.33. The third kappa shape index (κ3) is 2.64. The van der Waals surface area contributed by atoms with E-state index in [1.54, 1.807) is 0 Å². The largest absolute Gasteiger partial charge is 0.0616 e. The van der Waals surface area contributed by atoms with E-state index in [0.717, 1.165) is 12.8 Å². The van der Waals surface area contributed by atoms with E-state index in [9.17, 15) is 0 Å². The second-order valence-corrected chi connectivity index (χ2v) is 9.94. The van der Waals surface area contributed by atoms with Crippen molar-refractivity contribution in [2.45, 2.75) is 12.8 Å². The van der Waals surface area contributed by atoms with Gasteiger partial charge in [0.1, 0.15) is 0 Å². The molecule has 0 N–H and O–H groups in total. The Hall–Kier alpha value is -4.42. The van der Waals surface area contributed by atoms with Crippen LogP contribution in [-0.2, 0) is 12.8 Å². The van der Waals surface area contributed by atoms with Crippen molar-refractivity contribution < 1.29 is 0 Å². The molecule has 7 aromatic carbocycles. The first-order valence-electron chi connectivity index (χ1n) is 12.8. The first kappa shape index (κ1) is 19.8. The van der Waals surface area contributed by atoms with Crippen molar-refractivity contribution in [3.05, 3.63) is 132 Å². The summed E-state index contributed by atoms with van der Waals surface area (Å²) >= 11 is 0. The van der Waals surface area contributed by atoms with Gasteiger partial charge in [0.15, 0.2) is 0 Å². The van der Waals surface area contributed by atoms with Crippen LogP contribution in [0.5, 0.6) is 0 Å². The van der Waals surface area contributed by atoms with Crippen LogP contribution in [0.3, 0.4) is 0 Å². The first-order valence-corrected chi connectivity index (χ1v) is 12.8. The molecule has 168 valence electrons. The van der Waals surface area contributed by atoms with Gasteiger partial charge in [-0.2, -0.15) is 0 Å². The topological polar surface area (TPSA) is 0 Å². The molecule has 0 spiro atoms. The summed E-state index contributed by atoms with van der Waals surface area (Å²) in [6.45, 7) is 0. The Morgan fingerprint density at radius 1 is 0.278 bits per heavy atom. The molecular weight excluding hydrogens is 432 g/mol. The highest BCUT2D eigenvalue weighted by atomic mass is 14.3. The molecule has 0 fully saturated rings. The lowest BCUT2D eigenvalue weighted by atomic mass is 9.79. The van der Waals surface area contributed by atoms with Gasteiger partial charge < -0.3 is 0 Å². The van der Waals surface area contributed by atoms with Crippen molar-refractivity contribution in [1.82, 2.24) is 0 Å². The zero-order valence-corrected chi connectivity index (χ0v) is 20.0. The predicted octanol–water partition coefficient (Wildman–Crippen LogP) is 9.73. The Bertz CT molecular complexity index is 1730. The lowest BCUT2D eigenvalue weighted by Gasteiger charge is -2.24. The van der Waals surface area contributed by atoms with E-state index < -0.39 is 0 Å². The molecule has 0 atom stereocenters. The molecule has 4 bridgehead atoms. The Balaban J connectivity index is 1.69. The summed E-state index contributed by atoms with van der Waals surface area (Å²) in [6, 6.07) is 45.2. The molecule has 0 heterocycles. The second-order valence-electron chi connectivity index (χ2n) is 9.94. The minimum atomic E-state index is 1.01. The normalized spacial score (nSPS) is 12.8. The SMILES string of the molecule is c1ccc2c(c1)-c1c3ccccc3c(c3ccccc13)CCc1c3ccccc3c-2c2ccccc12. The zero-order valence-electron chi connectivity index (χ0n) is 20.0. The van der Waals surface area contributed by atoms with Gasteiger partial charge in [0, 0.05) is 0 Å². The Morgan fingerprint density at radius 3 is 0.833 bits per heavy atom. The lowest BCUT2D eigenvalue weighted by molar-refractivity contribution is 0.996. The van der Waals surface area contributed by atoms with Crippen LogP contribution in [0, 0.1) is 0 Å². The quantitative estimate of drug-likeness (QED) is 0.199. The maximum atomic E-state index is 2.33. The average Bonchev–Trinajstić information content (AvgIpc) is 2.94. The average molecular weight is 457 g/mol. The zero-order chi connectivity index (χ0) is 23.6. The van der Waals surface area contributed by atoms with E-state index in [4.69, 9.17) is 0 Å². The first-order chi connectivity index (χ1) is 17.9. The number of fused-ring (bicyclic) bond motifs is 9. The molecule has 1 aliphatic carbocycles. The highest BCUT2D eigenvalue weighted by molar-refractivity contribution is 6.21. The van der Waals surface area contributed by atoms with Crippen LogP contribution in [0.25, 0.3) is 65.3 Å². The van der Waals surface area contributed by atoms with Crippen LogP contribution in [-0.4, -0.2) is 0 Å². The van der Waals surface area contributed by atoms with E-state index >= 15 is 0 Å². The highest BCUT2D eigenvalue weighted by Crippen LogP contribution is 2.48. The maximum Gasteiger partial charge on any atom is -0.00204 e. The summed E-state index contributed by atoms with van der Waals surface area (Å²) < 4.78 is 0. The molecule has 0 aromatic heterocycles. The Labute approximate surface area is 210 Å². The molecule has 1 aliphatic rings. The number of hydrogen-bond donors (Lipinski definition) is 0. The van der Waals surface area contributed by atoms with Gasteiger partial charge in [-0.1, -0.05) is 121 Å². The summed E-state index contributed by atoms with van der Waals surface area (Å²) in [4.78, 5) is 0. The van der Waals surface area contributed by atoms with Crippen molar-refractivity contribution in [2.75, 3.05) is 0 Å². The van der Waals surface area contributed by atoms with E-state index in [1.165, 1.54) is 76.5 Å². The van der Waals surface area contributed by atoms with E-state index in [2.05, 4.69) is 121 Å². The standard InChI is InChI=1S/C36H24/c1-5-15-29-23(11-1)27-21-22-28-25-13-3-7-17-31(25)36(32-18-8-4-14-26(28)32)34-20-10-9-19-33(34)35(29)30-16-6-2-12-24(27)30/h1-20H,21-22H2. The van der Waals surface area contributed by atoms with E-state index in [0.29, 0.717) is 0 Å². The van der Waals surface area contributed by atoms with Gasteiger partial charge in [-0.05, 0) is 89.3 Å². The van der Waals surface area contributed by atoms with Crippen molar-refractivity contribution in [1.29, 1.82) is 0 Å². The molecule has 0 radical (unpaired) electrons. The third-order valence-corrected chi connectivity index (χ3v) is 8.18. The van der Waals surface area contributed by atoms with Gasteiger partial charge >= 0.3 is 0 Å². The lowest BCUT2D eigenvalue weighted by Crippen LogP contribution is -2.01. The molecule has 36 heavy (non-hydrogen) atoms. The van der Waals surface area contributed by atoms with E-state index in [-0.39, 0.29) is 0 Å². The fraction of sp³-hybridized carbons (Fsp3) is 0.0556. The van der Waals surface area contributed by atoms with Crippen LogP contribution in [0.4, 0.5) is 0 Å². The van der Waals surface area contributed by atoms with Crippen molar-refractivity contribution >= 4 is 43.1 Å². The predicted molar refractivity (Wildman–Crippen MR) is 155 cm³/mol. The number of hydrogen-bond acceptors (Lipinski definition) is 0. The Morgan fingerprint density at radius 2 is 0.528 bits per heavy atom. The van der Waals surface area contributed by atoms with Crippen LogP contribution in [0.1, 0.15) is 11.1 Å². The van der Waals surface area contributed by atoms with Gasteiger partial charge in [-0.3, -0.25) is 0 Å². The van der Waals surface area contributed by atoms with Gasteiger partial charge in [-0.25, -0.2) is 0 Å². The number of rotatable bonds is 0. The number of aryl methyl sites for hydroxylation is 2. The van der Waals surface area contributed by atoms with Crippen LogP contribution >= 0.6 is 0 Å². The van der Waals surface area contributed by atoms with Gasteiger partial charge in [0.2, 0.25) is 0 Å². The van der Waals surface area contributed by atoms with Crippen molar-refractivity contribution in [3.8, 4) is 22.3 Å². The molecule has 8 rings (SSSR count). The van der Waals surface area contributed by atoms with Gasteiger partial charge in [-0.15, -0.1) is 0 Å². The number of benzene rings is 7. The Kier molecular flexibility index (Phi) is 4.15. The summed E-state index contributed by atoms with van der Waals surface area (Å²) in [7, 11) is 0. The van der Waals surface area contributed by atoms with Gasteiger partial charge in [0.05, 0.1) is 0 Å². The van der Waals surface area contributed by atoms with Crippen LogP contribution in [0.15, 0.2) is 121 Å². The molecule has 0 saturated carbocycles. The summed E-state index contributed by atoms with van der Waals surface area (Å²) in [6.07, 6.45) is 2.02. The molecule has 0 heteroatoms. The smallest absolute Gasteiger partial charge is 0.00204 e. The minimum Gasteiger partial charge on any atom is -0.0616 e. The third-order valence-electron chi connectivity index (χ3n) is 8.18. The summed E-state index contributed by atoms with van der Waals surface area (Å²) in [5.74, 6) is 0. The molecule has 0 unspecified atom stereocenters. The molecule has 0 amide bonds. The monoisotopic (exact) mass is 456 g/mol. The second kappa shape index (κ2) is 7.54. The molecule has 0 nitrogen and oxygen atoms in total. The van der Waals surface area contributed by atoms with E-state index in [1.807, 2.05) is 0 Å². The fourth-order valence-electron chi connectivity index (χ4n) is 6.73. The molecule has 0 saturated heterocycles. The van der Waals surface area contributed by atoms with Crippen LogP contribution < -0.4 is 0 Å². The molecule has 0 aliphatic heterocycles. The molecular formula is C36H24. The molecule has 7 aromatic rings. The minimum absolute atomic E-state index is 1.01. The fourth-order valence-corrected chi connectivity index (χ4v) is 6.73. The van der Waals surface area contributed by atoms with Crippen molar-refractivity contribution in [2.24, 2.45) is 0 Å². The summed E-state index contributed by atoms with van der Waals surface area (Å²) in [5, 5.41) is 10.9.